The van der Waals surface area contributed by atoms with E-state index in [2.05, 4.69) is 15.6 Å². The number of nitrogens with zero attached hydrogens (tertiary/aromatic N) is 2. The van der Waals surface area contributed by atoms with Crippen LogP contribution in [-0.4, -0.2) is 77.4 Å². The topological polar surface area (TPSA) is 206 Å². The molecule has 0 saturated carbocycles. The minimum Gasteiger partial charge on any atom is -0.480 e. The Morgan fingerprint density at radius 2 is 1.90 bits per heavy atom. The minimum absolute atomic E-state index is 0.0282. The molecule has 1 rings (SSSR count). The number of amides is 3. The summed E-state index contributed by atoms with van der Waals surface area (Å²) in [4.78, 5) is 54.0. The highest BCUT2D eigenvalue weighted by Gasteiger charge is 2.37. The highest BCUT2D eigenvalue weighted by atomic mass is 16.4. The first-order chi connectivity index (χ1) is 14.5. The van der Waals surface area contributed by atoms with E-state index in [-0.39, 0.29) is 17.8 Å². The molecule has 1 heterocycles. The van der Waals surface area contributed by atoms with E-state index >= 15 is 0 Å². The van der Waals surface area contributed by atoms with E-state index in [4.69, 9.17) is 22.3 Å². The molecule has 12 nitrogen and oxygen atoms in total. The lowest BCUT2D eigenvalue weighted by atomic mass is 10.0. The predicted molar refractivity (Wildman–Crippen MR) is 115 cm³/mol. The zero-order valence-electron chi connectivity index (χ0n) is 18.2. The summed E-state index contributed by atoms with van der Waals surface area (Å²) in [6, 6.07) is -2.40. The van der Waals surface area contributed by atoms with Gasteiger partial charge in [-0.1, -0.05) is 13.8 Å². The molecule has 176 valence electrons. The van der Waals surface area contributed by atoms with E-state index in [1.807, 2.05) is 13.8 Å². The van der Waals surface area contributed by atoms with Crippen molar-refractivity contribution in [3.05, 3.63) is 0 Å². The van der Waals surface area contributed by atoms with Crippen molar-refractivity contribution in [1.82, 2.24) is 15.5 Å². The van der Waals surface area contributed by atoms with Gasteiger partial charge in [-0.2, -0.15) is 0 Å². The summed E-state index contributed by atoms with van der Waals surface area (Å²) in [5, 5.41) is 13.7. The number of likely N-dealkylation sites (tertiary alicyclic amines) is 1. The van der Waals surface area contributed by atoms with Gasteiger partial charge in [-0.25, -0.2) is 0 Å². The highest BCUT2D eigenvalue weighted by molar-refractivity contribution is 5.94. The standard InChI is InChI=1S/C19H35N7O5/c1-11(2)9-13(16(29)24-10-15(27)28)25-17(30)14-6-4-8-26(14)18(31)12(20)5-3-7-23-19(21)22/h11-14H,3-10,20H2,1-2H3,(H,24,29)(H,25,30)(H,27,28)(H4,21,22,23). The lowest BCUT2D eigenvalue weighted by Crippen LogP contribution is -2.55. The van der Waals surface area contributed by atoms with Crippen LogP contribution in [0.4, 0.5) is 0 Å². The maximum absolute atomic E-state index is 12.9. The van der Waals surface area contributed by atoms with E-state index in [1.54, 1.807) is 0 Å². The maximum Gasteiger partial charge on any atom is 0.322 e. The van der Waals surface area contributed by atoms with Crippen LogP contribution in [0, 0.1) is 5.92 Å². The Bertz CT molecular complexity index is 679. The largest absolute Gasteiger partial charge is 0.480 e. The number of aliphatic carboxylic acids is 1. The molecule has 3 unspecified atom stereocenters. The second-order valence-electron chi connectivity index (χ2n) is 8.05. The van der Waals surface area contributed by atoms with Crippen molar-refractivity contribution in [2.45, 2.75) is 64.1 Å². The van der Waals surface area contributed by atoms with E-state index < -0.39 is 42.5 Å². The first-order valence-electron chi connectivity index (χ1n) is 10.4. The third kappa shape index (κ3) is 9.20. The number of aliphatic imine (C=N–C) groups is 1. The first kappa shape index (κ1) is 26.1. The third-order valence-corrected chi connectivity index (χ3v) is 4.88. The fourth-order valence-electron chi connectivity index (χ4n) is 3.42. The van der Waals surface area contributed by atoms with Gasteiger partial charge >= 0.3 is 5.97 Å². The predicted octanol–water partition coefficient (Wildman–Crippen LogP) is -1.91. The summed E-state index contributed by atoms with van der Waals surface area (Å²) in [6.45, 7) is 3.99. The molecule has 0 aromatic heterocycles. The average molecular weight is 442 g/mol. The lowest BCUT2D eigenvalue weighted by molar-refractivity contribution is -0.141. The lowest BCUT2D eigenvalue weighted by Gasteiger charge is -2.28. The molecule has 9 N–H and O–H groups in total. The molecule has 0 aliphatic carbocycles. The second kappa shape index (κ2) is 12.7. The molecule has 0 aromatic carbocycles. The number of carboxylic acid groups (broad SMARTS) is 1. The van der Waals surface area contributed by atoms with Crippen molar-refractivity contribution in [2.24, 2.45) is 28.1 Å². The molecule has 3 amide bonds. The van der Waals surface area contributed by atoms with Crippen molar-refractivity contribution < 1.29 is 24.3 Å². The zero-order valence-corrected chi connectivity index (χ0v) is 18.2. The van der Waals surface area contributed by atoms with Crippen LogP contribution in [0.3, 0.4) is 0 Å². The molecule has 1 aliphatic heterocycles. The quantitative estimate of drug-likeness (QED) is 0.114. The fraction of sp³-hybridized carbons (Fsp3) is 0.737. The Hall–Kier alpha value is -2.89. The van der Waals surface area contributed by atoms with Crippen LogP contribution in [0.5, 0.6) is 0 Å². The maximum atomic E-state index is 12.9. The normalized spacial score (nSPS) is 17.7. The Morgan fingerprint density at radius 3 is 2.48 bits per heavy atom. The number of nitrogens with two attached hydrogens (primary N) is 3. The number of carbonyl (C=O) groups excluding carboxylic acids is 3. The van der Waals surface area contributed by atoms with Gasteiger partial charge in [0.15, 0.2) is 5.96 Å². The third-order valence-electron chi connectivity index (χ3n) is 4.88. The van der Waals surface area contributed by atoms with Crippen molar-refractivity contribution in [3.8, 4) is 0 Å². The number of nitrogens with one attached hydrogen (secondary N) is 2. The molecule has 0 radical (unpaired) electrons. The second-order valence-corrected chi connectivity index (χ2v) is 8.05. The number of carboxylic acids is 1. The molecule has 3 atom stereocenters. The number of hydrogen-bond donors (Lipinski definition) is 6. The van der Waals surface area contributed by atoms with Gasteiger partial charge in [0.25, 0.3) is 0 Å². The molecule has 1 aliphatic rings. The van der Waals surface area contributed by atoms with Gasteiger partial charge in [-0.05, 0) is 38.0 Å². The molecule has 31 heavy (non-hydrogen) atoms. The summed E-state index contributed by atoms with van der Waals surface area (Å²) in [7, 11) is 0. The van der Waals surface area contributed by atoms with Crippen molar-refractivity contribution >= 4 is 29.7 Å². The van der Waals surface area contributed by atoms with Gasteiger partial charge in [0.05, 0.1) is 6.04 Å². The van der Waals surface area contributed by atoms with Gasteiger partial charge in [0, 0.05) is 13.1 Å². The van der Waals surface area contributed by atoms with Crippen LogP contribution < -0.4 is 27.8 Å². The van der Waals surface area contributed by atoms with Gasteiger partial charge < -0.3 is 37.8 Å². The Morgan fingerprint density at radius 1 is 1.23 bits per heavy atom. The van der Waals surface area contributed by atoms with E-state index in [9.17, 15) is 19.2 Å². The van der Waals surface area contributed by atoms with Crippen LogP contribution in [0.25, 0.3) is 0 Å². The van der Waals surface area contributed by atoms with Gasteiger partial charge in [0.2, 0.25) is 17.7 Å². The molecule has 1 saturated heterocycles. The number of hydrogen-bond acceptors (Lipinski definition) is 6. The number of carbonyl (C=O) groups is 4. The Balaban J connectivity index is 2.73. The van der Waals surface area contributed by atoms with E-state index in [0.717, 1.165) is 0 Å². The number of rotatable bonds is 12. The summed E-state index contributed by atoms with van der Waals surface area (Å²) in [6.07, 6.45) is 2.33. The van der Waals surface area contributed by atoms with Crippen molar-refractivity contribution in [2.75, 3.05) is 19.6 Å². The van der Waals surface area contributed by atoms with Gasteiger partial charge in [-0.3, -0.25) is 24.2 Å². The van der Waals surface area contributed by atoms with Crippen LogP contribution in [0.15, 0.2) is 4.99 Å². The zero-order chi connectivity index (χ0) is 23.6. The molecule has 1 fully saturated rings. The van der Waals surface area contributed by atoms with E-state index in [0.29, 0.717) is 45.2 Å². The Labute approximate surface area is 182 Å². The average Bonchev–Trinajstić information content (AvgIpc) is 3.17. The first-order valence-corrected chi connectivity index (χ1v) is 10.4. The van der Waals surface area contributed by atoms with Gasteiger partial charge in [0.1, 0.15) is 18.6 Å². The summed E-state index contributed by atoms with van der Waals surface area (Å²) in [5.74, 6) is -2.48. The number of guanidine groups is 1. The minimum atomic E-state index is -1.18. The molecule has 0 spiro atoms. The summed E-state index contributed by atoms with van der Waals surface area (Å²) in [5.41, 5.74) is 16.5. The molecular weight excluding hydrogens is 406 g/mol. The van der Waals surface area contributed by atoms with Crippen molar-refractivity contribution in [3.63, 3.8) is 0 Å². The smallest absolute Gasteiger partial charge is 0.322 e. The Kier molecular flexibility index (Phi) is 10.7. The molecule has 12 heteroatoms. The summed E-state index contributed by atoms with van der Waals surface area (Å²) < 4.78 is 0. The molecule has 0 aromatic rings. The van der Waals surface area contributed by atoms with Crippen LogP contribution >= 0.6 is 0 Å². The molecular formula is C19H35N7O5. The summed E-state index contributed by atoms with van der Waals surface area (Å²) >= 11 is 0. The van der Waals surface area contributed by atoms with Crippen molar-refractivity contribution in [1.29, 1.82) is 0 Å². The highest BCUT2D eigenvalue weighted by Crippen LogP contribution is 2.20. The van der Waals surface area contributed by atoms with Crippen LogP contribution in [-0.2, 0) is 19.2 Å². The molecule has 0 bridgehead atoms. The monoisotopic (exact) mass is 441 g/mol. The van der Waals surface area contributed by atoms with Crippen LogP contribution in [0.2, 0.25) is 0 Å². The van der Waals surface area contributed by atoms with E-state index in [1.165, 1.54) is 4.90 Å². The van der Waals surface area contributed by atoms with Gasteiger partial charge in [-0.15, -0.1) is 0 Å². The van der Waals surface area contributed by atoms with Crippen LogP contribution in [0.1, 0.15) is 46.0 Å². The SMILES string of the molecule is CC(C)CC(NC(=O)C1CCCN1C(=O)C(N)CCCN=C(N)N)C(=O)NCC(=O)O. The fourth-order valence-corrected chi connectivity index (χ4v) is 3.42.